The SMILES string of the molecule is C=C(C)C(=O)Nc1cccc2ccc(O)cc12. The summed E-state index contributed by atoms with van der Waals surface area (Å²) in [6.45, 7) is 5.24. The van der Waals surface area contributed by atoms with E-state index in [1.54, 1.807) is 31.2 Å². The Bertz CT molecular complexity index is 602. The van der Waals surface area contributed by atoms with Crippen molar-refractivity contribution in [2.75, 3.05) is 5.32 Å². The van der Waals surface area contributed by atoms with Crippen LogP contribution in [0, 0.1) is 0 Å². The van der Waals surface area contributed by atoms with Crippen LogP contribution in [0.25, 0.3) is 10.8 Å². The molecule has 2 aromatic rings. The number of carbonyl (C=O) groups excluding carboxylic acids is 1. The summed E-state index contributed by atoms with van der Waals surface area (Å²) >= 11 is 0. The number of amides is 1. The Labute approximate surface area is 99.4 Å². The topological polar surface area (TPSA) is 49.3 Å². The summed E-state index contributed by atoms with van der Waals surface area (Å²) in [5, 5.41) is 14.0. The molecule has 3 nitrogen and oxygen atoms in total. The maximum Gasteiger partial charge on any atom is 0.250 e. The zero-order chi connectivity index (χ0) is 12.4. The summed E-state index contributed by atoms with van der Waals surface area (Å²) in [4.78, 5) is 11.6. The van der Waals surface area contributed by atoms with Crippen LogP contribution < -0.4 is 5.32 Å². The van der Waals surface area contributed by atoms with Gasteiger partial charge in [0.2, 0.25) is 0 Å². The molecule has 86 valence electrons. The number of benzene rings is 2. The number of aromatic hydroxyl groups is 1. The van der Waals surface area contributed by atoms with Gasteiger partial charge in [0, 0.05) is 16.6 Å². The van der Waals surface area contributed by atoms with Gasteiger partial charge in [-0.15, -0.1) is 0 Å². The second-order valence-corrected chi connectivity index (χ2v) is 3.95. The lowest BCUT2D eigenvalue weighted by atomic mass is 10.1. The fourth-order valence-corrected chi connectivity index (χ4v) is 1.60. The van der Waals surface area contributed by atoms with Crippen molar-refractivity contribution in [3.05, 3.63) is 48.6 Å². The van der Waals surface area contributed by atoms with Crippen molar-refractivity contribution in [2.24, 2.45) is 0 Å². The highest BCUT2D eigenvalue weighted by molar-refractivity contribution is 6.08. The molecule has 0 saturated carbocycles. The molecule has 2 aromatic carbocycles. The van der Waals surface area contributed by atoms with Crippen LogP contribution in [0.1, 0.15) is 6.92 Å². The monoisotopic (exact) mass is 227 g/mol. The highest BCUT2D eigenvalue weighted by atomic mass is 16.3. The van der Waals surface area contributed by atoms with Crippen molar-refractivity contribution >= 4 is 22.4 Å². The van der Waals surface area contributed by atoms with Gasteiger partial charge in [0.25, 0.3) is 5.91 Å². The van der Waals surface area contributed by atoms with Crippen molar-refractivity contribution in [1.82, 2.24) is 0 Å². The Morgan fingerprint density at radius 1 is 1.29 bits per heavy atom. The molecule has 0 heterocycles. The summed E-state index contributed by atoms with van der Waals surface area (Å²) in [5.74, 6) is -0.0460. The molecule has 0 aromatic heterocycles. The molecule has 1 amide bonds. The van der Waals surface area contributed by atoms with Crippen molar-refractivity contribution in [1.29, 1.82) is 0 Å². The first-order chi connectivity index (χ1) is 8.08. The summed E-state index contributed by atoms with van der Waals surface area (Å²) < 4.78 is 0. The minimum absolute atomic E-state index is 0.175. The zero-order valence-corrected chi connectivity index (χ0v) is 9.53. The largest absolute Gasteiger partial charge is 0.508 e. The Morgan fingerprint density at radius 3 is 2.76 bits per heavy atom. The van der Waals surface area contributed by atoms with E-state index in [4.69, 9.17) is 0 Å². The predicted octanol–water partition coefficient (Wildman–Crippen LogP) is 3.06. The molecular formula is C14H13NO2. The van der Waals surface area contributed by atoms with Crippen LogP contribution in [-0.2, 0) is 4.79 Å². The van der Waals surface area contributed by atoms with E-state index in [0.717, 1.165) is 10.8 Å². The normalized spacial score (nSPS) is 10.2. The molecule has 0 unspecified atom stereocenters. The maximum atomic E-state index is 11.6. The van der Waals surface area contributed by atoms with E-state index < -0.39 is 0 Å². The molecule has 0 aliphatic carbocycles. The number of anilines is 1. The number of carbonyl (C=O) groups is 1. The molecular weight excluding hydrogens is 214 g/mol. The standard InChI is InChI=1S/C14H13NO2/c1-9(2)14(17)15-13-5-3-4-10-6-7-11(16)8-12(10)13/h3-8,16H,1H2,2H3,(H,15,17). The zero-order valence-electron chi connectivity index (χ0n) is 9.53. The number of hydrogen-bond acceptors (Lipinski definition) is 2. The molecule has 2 N–H and O–H groups in total. The summed E-state index contributed by atoms with van der Waals surface area (Å²) in [6.07, 6.45) is 0. The molecule has 2 rings (SSSR count). The molecule has 0 saturated heterocycles. The summed E-state index contributed by atoms with van der Waals surface area (Å²) in [7, 11) is 0. The van der Waals surface area contributed by atoms with Gasteiger partial charge >= 0.3 is 0 Å². The fraction of sp³-hybridized carbons (Fsp3) is 0.0714. The van der Waals surface area contributed by atoms with Crippen LogP contribution in [0.15, 0.2) is 48.6 Å². The number of fused-ring (bicyclic) bond motifs is 1. The van der Waals surface area contributed by atoms with Gasteiger partial charge in [-0.1, -0.05) is 24.8 Å². The first-order valence-electron chi connectivity index (χ1n) is 5.26. The van der Waals surface area contributed by atoms with Crippen molar-refractivity contribution < 1.29 is 9.90 Å². The third-order valence-electron chi connectivity index (χ3n) is 2.50. The van der Waals surface area contributed by atoms with Crippen LogP contribution >= 0.6 is 0 Å². The molecule has 0 aliphatic rings. The Balaban J connectivity index is 2.50. The molecule has 3 heteroatoms. The van der Waals surface area contributed by atoms with Crippen molar-refractivity contribution in [3.8, 4) is 5.75 Å². The van der Waals surface area contributed by atoms with Crippen molar-refractivity contribution in [3.63, 3.8) is 0 Å². The van der Waals surface area contributed by atoms with Gasteiger partial charge < -0.3 is 10.4 Å². The van der Waals surface area contributed by atoms with Crippen LogP contribution in [-0.4, -0.2) is 11.0 Å². The smallest absolute Gasteiger partial charge is 0.250 e. The van der Waals surface area contributed by atoms with Crippen LogP contribution in [0.4, 0.5) is 5.69 Å². The molecule has 17 heavy (non-hydrogen) atoms. The first-order valence-corrected chi connectivity index (χ1v) is 5.26. The van der Waals surface area contributed by atoms with E-state index in [-0.39, 0.29) is 11.7 Å². The minimum atomic E-state index is -0.221. The van der Waals surface area contributed by atoms with Gasteiger partial charge in [-0.25, -0.2) is 0 Å². The Hall–Kier alpha value is -2.29. The molecule has 0 radical (unpaired) electrons. The van der Waals surface area contributed by atoms with E-state index in [0.29, 0.717) is 11.3 Å². The van der Waals surface area contributed by atoms with Crippen molar-refractivity contribution in [2.45, 2.75) is 6.92 Å². The highest BCUT2D eigenvalue weighted by Crippen LogP contribution is 2.27. The van der Waals surface area contributed by atoms with Gasteiger partial charge in [0.05, 0.1) is 0 Å². The van der Waals surface area contributed by atoms with Crippen LogP contribution in [0.3, 0.4) is 0 Å². The van der Waals surface area contributed by atoms with Gasteiger partial charge in [-0.2, -0.15) is 0 Å². The lowest BCUT2D eigenvalue weighted by Crippen LogP contribution is -2.11. The summed E-state index contributed by atoms with van der Waals surface area (Å²) in [5.41, 5.74) is 1.12. The predicted molar refractivity (Wildman–Crippen MR) is 69.1 cm³/mol. The lowest BCUT2D eigenvalue weighted by molar-refractivity contribution is -0.112. The average Bonchev–Trinajstić information content (AvgIpc) is 2.29. The van der Waals surface area contributed by atoms with Gasteiger partial charge in [-0.05, 0) is 30.5 Å². The van der Waals surface area contributed by atoms with E-state index in [9.17, 15) is 9.90 Å². The van der Waals surface area contributed by atoms with Gasteiger partial charge in [0.1, 0.15) is 5.75 Å². The molecule has 0 bridgehead atoms. The van der Waals surface area contributed by atoms with Gasteiger partial charge in [0.15, 0.2) is 0 Å². The number of nitrogens with one attached hydrogen (secondary N) is 1. The summed E-state index contributed by atoms with van der Waals surface area (Å²) in [6, 6.07) is 10.6. The fourth-order valence-electron chi connectivity index (χ4n) is 1.60. The second kappa shape index (κ2) is 4.29. The van der Waals surface area contributed by atoms with Crippen LogP contribution in [0.5, 0.6) is 5.75 Å². The number of hydrogen-bond donors (Lipinski definition) is 2. The van der Waals surface area contributed by atoms with E-state index >= 15 is 0 Å². The number of rotatable bonds is 2. The first kappa shape index (κ1) is 11.2. The lowest BCUT2D eigenvalue weighted by Gasteiger charge is -2.08. The van der Waals surface area contributed by atoms with Crippen LogP contribution in [0.2, 0.25) is 0 Å². The maximum absolute atomic E-state index is 11.6. The molecule has 0 fully saturated rings. The molecule has 0 spiro atoms. The second-order valence-electron chi connectivity index (χ2n) is 3.95. The quantitative estimate of drug-likeness (QED) is 0.774. The van der Waals surface area contributed by atoms with E-state index in [1.807, 2.05) is 12.1 Å². The Morgan fingerprint density at radius 2 is 2.06 bits per heavy atom. The third-order valence-corrected chi connectivity index (χ3v) is 2.50. The Kier molecular flexibility index (Phi) is 2.83. The number of phenols is 1. The number of phenolic OH excluding ortho intramolecular Hbond substituents is 1. The third kappa shape index (κ3) is 2.28. The van der Waals surface area contributed by atoms with Gasteiger partial charge in [-0.3, -0.25) is 4.79 Å². The van der Waals surface area contributed by atoms with E-state index in [2.05, 4.69) is 11.9 Å². The minimum Gasteiger partial charge on any atom is -0.508 e. The molecule has 0 atom stereocenters. The van der Waals surface area contributed by atoms with E-state index in [1.165, 1.54) is 0 Å². The highest BCUT2D eigenvalue weighted by Gasteiger charge is 2.06. The molecule has 0 aliphatic heterocycles. The average molecular weight is 227 g/mol.